The highest BCUT2D eigenvalue weighted by Gasteiger charge is 2.31. The predicted molar refractivity (Wildman–Crippen MR) is 64.4 cm³/mol. The molecule has 1 atom stereocenters. The summed E-state index contributed by atoms with van der Waals surface area (Å²) in [5, 5.41) is 0. The van der Waals surface area contributed by atoms with E-state index >= 15 is 0 Å². The highest BCUT2D eigenvalue weighted by Crippen LogP contribution is 2.31. The molecule has 2 rings (SSSR count). The molecule has 0 aliphatic carbocycles. The van der Waals surface area contributed by atoms with Crippen LogP contribution in [0.15, 0.2) is 12.3 Å². The summed E-state index contributed by atoms with van der Waals surface area (Å²) in [7, 11) is 2.72. The Morgan fingerprint density at radius 2 is 2.06 bits per heavy atom. The lowest BCUT2D eigenvalue weighted by Crippen LogP contribution is -2.19. The first-order valence-corrected chi connectivity index (χ1v) is 6.04. The molecule has 98 valence electrons. The zero-order chi connectivity index (χ0) is 13.1. The van der Waals surface area contributed by atoms with E-state index in [2.05, 4.69) is 0 Å². The fraction of sp³-hybridized carbons (Fsp3) is 0.538. The van der Waals surface area contributed by atoms with Crippen molar-refractivity contribution in [1.82, 2.24) is 4.57 Å². The number of hydrogen-bond acceptors (Lipinski definition) is 4. The van der Waals surface area contributed by atoms with E-state index in [1.54, 1.807) is 6.07 Å². The molecule has 1 unspecified atom stereocenters. The molecule has 0 amide bonds. The molecule has 1 aliphatic rings. The monoisotopic (exact) mass is 251 g/mol. The van der Waals surface area contributed by atoms with E-state index in [1.807, 2.05) is 10.8 Å². The Bertz CT molecular complexity index is 464. The van der Waals surface area contributed by atoms with E-state index < -0.39 is 5.97 Å². The normalized spacial score (nSPS) is 18.7. The van der Waals surface area contributed by atoms with Gasteiger partial charge >= 0.3 is 11.9 Å². The maximum atomic E-state index is 11.9. The third-order valence-corrected chi connectivity index (χ3v) is 3.37. The van der Waals surface area contributed by atoms with Crippen molar-refractivity contribution in [3.8, 4) is 0 Å². The third kappa shape index (κ3) is 2.12. The highest BCUT2D eigenvalue weighted by atomic mass is 16.5. The first kappa shape index (κ1) is 12.7. The van der Waals surface area contributed by atoms with Gasteiger partial charge in [-0.2, -0.15) is 0 Å². The summed E-state index contributed by atoms with van der Waals surface area (Å²) in [6, 6.07) is 1.71. The van der Waals surface area contributed by atoms with Gasteiger partial charge in [-0.3, -0.25) is 4.79 Å². The minimum atomic E-state index is -0.403. The van der Waals surface area contributed by atoms with Crippen LogP contribution < -0.4 is 0 Å². The summed E-state index contributed by atoms with van der Waals surface area (Å²) >= 11 is 0. The van der Waals surface area contributed by atoms with E-state index in [9.17, 15) is 9.59 Å². The molecule has 1 aromatic rings. The van der Waals surface area contributed by atoms with Crippen LogP contribution in [0, 0.1) is 0 Å². The zero-order valence-corrected chi connectivity index (χ0v) is 10.6. The maximum Gasteiger partial charge on any atom is 0.339 e. The fourth-order valence-corrected chi connectivity index (χ4v) is 2.49. The van der Waals surface area contributed by atoms with Crippen LogP contribution in [0.25, 0.3) is 0 Å². The summed E-state index contributed by atoms with van der Waals surface area (Å²) < 4.78 is 11.6. The Morgan fingerprint density at radius 3 is 2.72 bits per heavy atom. The van der Waals surface area contributed by atoms with Gasteiger partial charge in [0.1, 0.15) is 0 Å². The first-order chi connectivity index (χ1) is 8.69. The molecule has 18 heavy (non-hydrogen) atoms. The summed E-state index contributed by atoms with van der Waals surface area (Å²) in [5.74, 6) is -1.07. The number of aromatic nitrogens is 1. The van der Waals surface area contributed by atoms with Crippen LogP contribution in [0.2, 0.25) is 0 Å². The Kier molecular flexibility index (Phi) is 3.69. The van der Waals surface area contributed by atoms with Crippen LogP contribution in [-0.2, 0) is 20.8 Å². The van der Waals surface area contributed by atoms with Gasteiger partial charge in [0.25, 0.3) is 0 Å². The molecular formula is C13H17NO4. The van der Waals surface area contributed by atoms with Gasteiger partial charge in [0, 0.05) is 18.4 Å². The molecular weight excluding hydrogens is 234 g/mol. The van der Waals surface area contributed by atoms with E-state index in [1.165, 1.54) is 14.2 Å². The van der Waals surface area contributed by atoms with Crippen LogP contribution >= 0.6 is 0 Å². The molecule has 1 aliphatic heterocycles. The molecule has 0 saturated carbocycles. The second-order valence-electron chi connectivity index (χ2n) is 4.37. The molecule has 5 nitrogen and oxygen atoms in total. The molecule has 2 heterocycles. The number of rotatable bonds is 2. The minimum Gasteiger partial charge on any atom is -0.469 e. The van der Waals surface area contributed by atoms with Gasteiger partial charge in [-0.25, -0.2) is 4.79 Å². The summed E-state index contributed by atoms with van der Waals surface area (Å²) in [6.07, 6.45) is 4.49. The Morgan fingerprint density at radius 1 is 1.28 bits per heavy atom. The summed E-state index contributed by atoms with van der Waals surface area (Å²) in [4.78, 5) is 23.6. The number of ether oxygens (including phenoxy) is 2. The minimum absolute atomic E-state index is 0.290. The number of carbonyl (C=O) groups is 2. The quantitative estimate of drug-likeness (QED) is 0.751. The van der Waals surface area contributed by atoms with Gasteiger partial charge in [-0.05, 0) is 18.9 Å². The van der Waals surface area contributed by atoms with Crippen molar-refractivity contribution in [3.63, 3.8) is 0 Å². The Labute approximate surface area is 106 Å². The van der Waals surface area contributed by atoms with Crippen molar-refractivity contribution >= 4 is 11.9 Å². The van der Waals surface area contributed by atoms with Crippen molar-refractivity contribution in [3.05, 3.63) is 23.5 Å². The standard InChI is InChI=1S/C13H17NO4/c1-17-12(15)9-5-3-4-7-14-8-6-10(11(9)14)13(16)18-2/h6,8-9H,3-5,7H2,1-2H3. The van der Waals surface area contributed by atoms with Crippen LogP contribution in [0.3, 0.4) is 0 Å². The van der Waals surface area contributed by atoms with Crippen molar-refractivity contribution < 1.29 is 19.1 Å². The van der Waals surface area contributed by atoms with E-state index in [4.69, 9.17) is 9.47 Å². The number of fused-ring (bicyclic) bond motifs is 1. The number of esters is 2. The second-order valence-corrected chi connectivity index (χ2v) is 4.37. The average Bonchev–Trinajstić information content (AvgIpc) is 2.70. The largest absolute Gasteiger partial charge is 0.469 e. The molecule has 0 radical (unpaired) electrons. The van der Waals surface area contributed by atoms with Gasteiger partial charge in [0.05, 0.1) is 25.7 Å². The van der Waals surface area contributed by atoms with Crippen LogP contribution in [0.4, 0.5) is 0 Å². The van der Waals surface area contributed by atoms with Crippen molar-refractivity contribution in [2.75, 3.05) is 14.2 Å². The number of nitrogens with zero attached hydrogens (tertiary/aromatic N) is 1. The highest BCUT2D eigenvalue weighted by molar-refractivity contribution is 5.93. The smallest absolute Gasteiger partial charge is 0.339 e. The lowest BCUT2D eigenvalue weighted by atomic mass is 9.97. The van der Waals surface area contributed by atoms with E-state index in [0.717, 1.165) is 25.1 Å². The number of carbonyl (C=O) groups excluding carboxylic acids is 2. The number of methoxy groups -OCH3 is 2. The summed E-state index contributed by atoms with van der Waals surface area (Å²) in [5.41, 5.74) is 1.20. The lowest BCUT2D eigenvalue weighted by Gasteiger charge is -2.15. The Balaban J connectivity index is 2.46. The molecule has 0 saturated heterocycles. The summed E-state index contributed by atoms with van der Waals surface area (Å²) in [6.45, 7) is 0.819. The Hall–Kier alpha value is -1.78. The molecule has 5 heteroatoms. The first-order valence-electron chi connectivity index (χ1n) is 6.04. The van der Waals surface area contributed by atoms with Gasteiger partial charge in [-0.15, -0.1) is 0 Å². The second kappa shape index (κ2) is 5.25. The van der Waals surface area contributed by atoms with Crippen LogP contribution in [0.1, 0.15) is 41.2 Å². The molecule has 0 fully saturated rings. The average molecular weight is 251 g/mol. The lowest BCUT2D eigenvalue weighted by molar-refractivity contribution is -0.142. The van der Waals surface area contributed by atoms with Gasteiger partial charge in [-0.1, -0.05) is 6.42 Å². The molecule has 0 spiro atoms. The van der Waals surface area contributed by atoms with Gasteiger partial charge in [0.2, 0.25) is 0 Å². The SMILES string of the molecule is COC(=O)c1ccn2c1C(C(=O)OC)CCCC2. The molecule has 0 N–H and O–H groups in total. The molecule has 0 aromatic carbocycles. The predicted octanol–water partition coefficient (Wildman–Crippen LogP) is 1.72. The van der Waals surface area contributed by atoms with Crippen molar-refractivity contribution in [2.24, 2.45) is 0 Å². The van der Waals surface area contributed by atoms with Gasteiger partial charge in [0.15, 0.2) is 0 Å². The molecule has 0 bridgehead atoms. The van der Waals surface area contributed by atoms with Crippen LogP contribution in [0.5, 0.6) is 0 Å². The van der Waals surface area contributed by atoms with E-state index in [0.29, 0.717) is 12.0 Å². The number of aryl methyl sites for hydroxylation is 1. The van der Waals surface area contributed by atoms with Crippen molar-refractivity contribution in [2.45, 2.75) is 31.7 Å². The third-order valence-electron chi connectivity index (χ3n) is 3.37. The molecule has 1 aromatic heterocycles. The zero-order valence-electron chi connectivity index (χ0n) is 10.6. The van der Waals surface area contributed by atoms with E-state index in [-0.39, 0.29) is 11.9 Å². The fourth-order valence-electron chi connectivity index (χ4n) is 2.49. The maximum absolute atomic E-state index is 11.9. The topological polar surface area (TPSA) is 57.5 Å². The van der Waals surface area contributed by atoms with Crippen molar-refractivity contribution in [1.29, 1.82) is 0 Å². The van der Waals surface area contributed by atoms with Gasteiger partial charge < -0.3 is 14.0 Å². The van der Waals surface area contributed by atoms with Crippen LogP contribution in [-0.4, -0.2) is 30.7 Å². The number of hydrogen-bond donors (Lipinski definition) is 0.